The number of alkyl halides is 6. The molecule has 130 valence electrons. The van der Waals surface area contributed by atoms with Gasteiger partial charge in [-0.15, -0.1) is 0 Å². The molecule has 0 aromatic carbocycles. The van der Waals surface area contributed by atoms with Crippen molar-refractivity contribution in [3.05, 3.63) is 0 Å². The molecule has 3 atom stereocenters. The van der Waals surface area contributed by atoms with Crippen molar-refractivity contribution in [1.82, 2.24) is 10.6 Å². The van der Waals surface area contributed by atoms with E-state index in [0.717, 1.165) is 0 Å². The van der Waals surface area contributed by atoms with Crippen LogP contribution in [0.2, 0.25) is 0 Å². The Morgan fingerprint density at radius 2 is 1.86 bits per heavy atom. The molecule has 0 aromatic heterocycles. The Bertz CT molecular complexity index is 382. The van der Waals surface area contributed by atoms with E-state index in [2.05, 4.69) is 15.6 Å². The standard InChI is InChI=1S/C12H19F6N3O/c1-19-10(20-6-9(22)12(16,17)18)21-8-4-2-3-7(5-8)11(13,14)15/h7-9,22H,2-6H2,1H3,(H2,19,20,21). The van der Waals surface area contributed by atoms with Gasteiger partial charge in [0.15, 0.2) is 12.1 Å². The van der Waals surface area contributed by atoms with Gasteiger partial charge in [0.2, 0.25) is 0 Å². The summed E-state index contributed by atoms with van der Waals surface area (Å²) in [7, 11) is 1.29. The van der Waals surface area contributed by atoms with Gasteiger partial charge in [-0.3, -0.25) is 4.99 Å². The van der Waals surface area contributed by atoms with E-state index >= 15 is 0 Å². The number of aliphatic hydroxyl groups is 1. The molecule has 0 radical (unpaired) electrons. The van der Waals surface area contributed by atoms with Crippen molar-refractivity contribution in [2.75, 3.05) is 13.6 Å². The SMILES string of the molecule is CN=C(NCC(O)C(F)(F)F)NC1CCCC(C(F)(F)F)C1. The molecule has 0 spiro atoms. The largest absolute Gasteiger partial charge is 0.416 e. The monoisotopic (exact) mass is 335 g/mol. The summed E-state index contributed by atoms with van der Waals surface area (Å²) in [6, 6.07) is -0.519. The summed E-state index contributed by atoms with van der Waals surface area (Å²) in [6.07, 6.45) is -10.8. The minimum atomic E-state index is -4.77. The minimum absolute atomic E-state index is 0.0560. The lowest BCUT2D eigenvalue weighted by molar-refractivity contribution is -0.201. The van der Waals surface area contributed by atoms with Crippen LogP contribution in [0.15, 0.2) is 4.99 Å². The first-order valence-corrected chi connectivity index (χ1v) is 6.82. The highest BCUT2D eigenvalue weighted by Crippen LogP contribution is 2.37. The minimum Gasteiger partial charge on any atom is -0.382 e. The second-order valence-electron chi connectivity index (χ2n) is 5.26. The van der Waals surface area contributed by atoms with Crippen LogP contribution in [0.4, 0.5) is 26.3 Å². The zero-order valence-corrected chi connectivity index (χ0v) is 11.9. The zero-order chi connectivity index (χ0) is 17.0. The van der Waals surface area contributed by atoms with Crippen LogP contribution in [0.25, 0.3) is 0 Å². The van der Waals surface area contributed by atoms with Gasteiger partial charge < -0.3 is 15.7 Å². The summed E-state index contributed by atoms with van der Waals surface area (Å²) in [5, 5.41) is 13.8. The summed E-state index contributed by atoms with van der Waals surface area (Å²) < 4.78 is 74.6. The molecule has 3 unspecified atom stereocenters. The second kappa shape index (κ2) is 7.38. The lowest BCUT2D eigenvalue weighted by atomic mass is 9.85. The Morgan fingerprint density at radius 3 is 2.36 bits per heavy atom. The smallest absolute Gasteiger partial charge is 0.382 e. The predicted molar refractivity (Wildman–Crippen MR) is 68.4 cm³/mol. The number of nitrogens with one attached hydrogen (secondary N) is 2. The molecule has 1 aliphatic rings. The van der Waals surface area contributed by atoms with E-state index in [4.69, 9.17) is 5.11 Å². The van der Waals surface area contributed by atoms with Crippen molar-refractivity contribution in [2.45, 2.75) is 50.2 Å². The van der Waals surface area contributed by atoms with Crippen LogP contribution in [-0.4, -0.2) is 49.2 Å². The van der Waals surface area contributed by atoms with E-state index in [-0.39, 0.29) is 18.8 Å². The summed E-state index contributed by atoms with van der Waals surface area (Å²) in [4.78, 5) is 3.66. The highest BCUT2D eigenvalue weighted by atomic mass is 19.4. The Morgan fingerprint density at radius 1 is 1.23 bits per heavy atom. The summed E-state index contributed by atoms with van der Waals surface area (Å²) >= 11 is 0. The van der Waals surface area contributed by atoms with Crippen LogP contribution in [0, 0.1) is 5.92 Å². The van der Waals surface area contributed by atoms with Crippen LogP contribution in [-0.2, 0) is 0 Å². The molecule has 1 aliphatic carbocycles. The van der Waals surface area contributed by atoms with Crippen molar-refractivity contribution >= 4 is 5.96 Å². The van der Waals surface area contributed by atoms with Gasteiger partial charge in [0, 0.05) is 13.1 Å². The van der Waals surface area contributed by atoms with Crippen LogP contribution in [0.1, 0.15) is 25.7 Å². The Balaban J connectivity index is 2.49. The predicted octanol–water partition coefficient (Wildman–Crippen LogP) is 2.20. The molecule has 22 heavy (non-hydrogen) atoms. The molecular weight excluding hydrogens is 316 g/mol. The summed E-state index contributed by atoms with van der Waals surface area (Å²) in [6.45, 7) is -0.821. The average Bonchev–Trinajstić information content (AvgIpc) is 2.41. The third-order valence-electron chi connectivity index (χ3n) is 3.54. The molecule has 1 rings (SSSR count). The van der Waals surface area contributed by atoms with Crippen molar-refractivity contribution < 1.29 is 31.4 Å². The van der Waals surface area contributed by atoms with E-state index in [9.17, 15) is 26.3 Å². The Hall–Kier alpha value is -1.19. The van der Waals surface area contributed by atoms with E-state index < -0.39 is 37.0 Å². The second-order valence-corrected chi connectivity index (χ2v) is 5.26. The maximum atomic E-state index is 12.7. The van der Waals surface area contributed by atoms with Crippen molar-refractivity contribution in [2.24, 2.45) is 10.9 Å². The maximum absolute atomic E-state index is 12.7. The highest BCUT2D eigenvalue weighted by molar-refractivity contribution is 5.80. The van der Waals surface area contributed by atoms with Gasteiger partial charge in [-0.25, -0.2) is 0 Å². The van der Waals surface area contributed by atoms with Gasteiger partial charge in [-0.1, -0.05) is 6.42 Å². The molecule has 0 heterocycles. The van der Waals surface area contributed by atoms with Crippen LogP contribution in [0.5, 0.6) is 0 Å². The topological polar surface area (TPSA) is 56.7 Å². The summed E-state index contributed by atoms with van der Waals surface area (Å²) in [5.41, 5.74) is 0. The van der Waals surface area contributed by atoms with E-state index in [0.29, 0.717) is 12.8 Å². The molecule has 0 saturated heterocycles. The normalized spacial score (nSPS) is 25.7. The van der Waals surface area contributed by atoms with Gasteiger partial charge in [0.25, 0.3) is 0 Å². The number of halogens is 6. The first-order chi connectivity index (χ1) is 10.0. The van der Waals surface area contributed by atoms with E-state index in [1.807, 2.05) is 0 Å². The number of hydrogen-bond acceptors (Lipinski definition) is 2. The Kier molecular flexibility index (Phi) is 6.33. The third-order valence-corrected chi connectivity index (χ3v) is 3.54. The number of aliphatic imine (C=N–C) groups is 1. The van der Waals surface area contributed by atoms with Crippen molar-refractivity contribution in [1.29, 1.82) is 0 Å². The fourth-order valence-corrected chi connectivity index (χ4v) is 2.32. The molecule has 0 amide bonds. The molecule has 10 heteroatoms. The van der Waals surface area contributed by atoms with Crippen LogP contribution < -0.4 is 10.6 Å². The molecule has 0 bridgehead atoms. The lowest BCUT2D eigenvalue weighted by Gasteiger charge is -2.32. The quantitative estimate of drug-likeness (QED) is 0.421. The molecule has 0 aliphatic heterocycles. The fourth-order valence-electron chi connectivity index (χ4n) is 2.32. The molecule has 3 N–H and O–H groups in total. The molecule has 4 nitrogen and oxygen atoms in total. The van der Waals surface area contributed by atoms with Gasteiger partial charge in [0.05, 0.1) is 12.5 Å². The van der Waals surface area contributed by atoms with Crippen molar-refractivity contribution in [3.8, 4) is 0 Å². The maximum Gasteiger partial charge on any atom is 0.416 e. The average molecular weight is 335 g/mol. The van der Waals surface area contributed by atoms with Crippen molar-refractivity contribution in [3.63, 3.8) is 0 Å². The van der Waals surface area contributed by atoms with Gasteiger partial charge in [0.1, 0.15) is 0 Å². The van der Waals surface area contributed by atoms with Gasteiger partial charge >= 0.3 is 12.4 Å². The number of nitrogens with zero attached hydrogens (tertiary/aromatic N) is 1. The zero-order valence-electron chi connectivity index (χ0n) is 11.9. The first-order valence-electron chi connectivity index (χ1n) is 6.82. The van der Waals surface area contributed by atoms with Crippen LogP contribution >= 0.6 is 0 Å². The van der Waals surface area contributed by atoms with Crippen LogP contribution in [0.3, 0.4) is 0 Å². The number of rotatable bonds is 3. The molecular formula is C12H19F6N3O. The Labute approximate surface area is 124 Å². The van der Waals surface area contributed by atoms with Gasteiger partial charge in [-0.05, 0) is 19.3 Å². The number of aliphatic hydroxyl groups excluding tert-OH is 1. The fraction of sp³-hybridized carbons (Fsp3) is 0.917. The van der Waals surface area contributed by atoms with E-state index in [1.54, 1.807) is 0 Å². The number of hydrogen-bond donors (Lipinski definition) is 3. The van der Waals surface area contributed by atoms with Gasteiger partial charge in [-0.2, -0.15) is 26.3 Å². The highest BCUT2D eigenvalue weighted by Gasteiger charge is 2.42. The molecule has 1 saturated carbocycles. The van der Waals surface area contributed by atoms with E-state index in [1.165, 1.54) is 7.05 Å². The molecule has 1 fully saturated rings. The lowest BCUT2D eigenvalue weighted by Crippen LogP contribution is -2.50. The third kappa shape index (κ3) is 5.90. The number of guanidine groups is 1. The molecule has 0 aromatic rings. The first kappa shape index (κ1) is 18.9. The summed E-state index contributed by atoms with van der Waals surface area (Å²) in [5.74, 6) is -1.48.